The molecule has 1 aromatic rings. The number of phenols is 1. The Labute approximate surface area is 113 Å². The Bertz CT molecular complexity index is 504. The van der Waals surface area contributed by atoms with E-state index in [0.717, 1.165) is 23.1 Å². The van der Waals surface area contributed by atoms with Crippen LogP contribution in [0.1, 0.15) is 36.0 Å². The maximum atomic E-state index is 11.6. The number of carboxylic acid groups (broad SMARTS) is 1. The van der Waals surface area contributed by atoms with E-state index >= 15 is 0 Å². The van der Waals surface area contributed by atoms with Gasteiger partial charge in [-0.05, 0) is 51.1 Å². The molecule has 0 bridgehead atoms. The van der Waals surface area contributed by atoms with Crippen LogP contribution in [0.3, 0.4) is 0 Å². The van der Waals surface area contributed by atoms with Gasteiger partial charge in [-0.25, -0.2) is 0 Å². The van der Waals surface area contributed by atoms with Crippen molar-refractivity contribution in [3.05, 3.63) is 28.8 Å². The van der Waals surface area contributed by atoms with Crippen LogP contribution >= 0.6 is 0 Å². The average Bonchev–Trinajstić information content (AvgIpc) is 2.22. The van der Waals surface area contributed by atoms with Crippen molar-refractivity contribution < 1.29 is 15.0 Å². The van der Waals surface area contributed by atoms with Gasteiger partial charge in [-0.3, -0.25) is 4.79 Å². The zero-order chi connectivity index (χ0) is 14.2. The number of hydrogen-bond donors (Lipinski definition) is 2. The largest absolute Gasteiger partial charge is 0.507 e. The van der Waals surface area contributed by atoms with E-state index in [4.69, 9.17) is 0 Å². The summed E-state index contributed by atoms with van der Waals surface area (Å²) < 4.78 is 0. The molecule has 0 aliphatic heterocycles. The lowest BCUT2D eigenvalue weighted by atomic mass is 9.64. The fourth-order valence-electron chi connectivity index (χ4n) is 2.75. The summed E-state index contributed by atoms with van der Waals surface area (Å²) in [5.41, 5.74) is 1.65. The lowest BCUT2D eigenvalue weighted by Crippen LogP contribution is -2.42. The topological polar surface area (TPSA) is 60.8 Å². The van der Waals surface area contributed by atoms with Gasteiger partial charge in [-0.1, -0.05) is 12.5 Å². The van der Waals surface area contributed by atoms with Gasteiger partial charge in [0.1, 0.15) is 5.75 Å². The molecule has 0 heterocycles. The van der Waals surface area contributed by atoms with Crippen molar-refractivity contribution in [2.24, 2.45) is 0 Å². The van der Waals surface area contributed by atoms with E-state index in [1.807, 2.05) is 38.1 Å². The van der Waals surface area contributed by atoms with Crippen molar-refractivity contribution >= 4 is 5.97 Å². The molecular weight excluding hydrogens is 242 g/mol. The number of benzene rings is 1. The van der Waals surface area contributed by atoms with Crippen LogP contribution in [-0.4, -0.2) is 35.2 Å². The Morgan fingerprint density at radius 2 is 2.00 bits per heavy atom. The Morgan fingerprint density at radius 1 is 1.37 bits per heavy atom. The number of phenolic OH excluding ortho intramolecular Hbond substituents is 1. The van der Waals surface area contributed by atoms with Crippen LogP contribution in [0.5, 0.6) is 5.75 Å². The minimum Gasteiger partial charge on any atom is -0.507 e. The first-order valence-corrected chi connectivity index (χ1v) is 6.58. The highest BCUT2D eigenvalue weighted by molar-refractivity contribution is 5.83. The second-order valence-electron chi connectivity index (χ2n) is 5.78. The molecule has 1 aliphatic carbocycles. The molecule has 1 aromatic carbocycles. The van der Waals surface area contributed by atoms with E-state index in [-0.39, 0.29) is 5.75 Å². The lowest BCUT2D eigenvalue weighted by Gasteiger charge is -2.38. The molecule has 104 valence electrons. The molecule has 0 amide bonds. The number of aromatic hydroxyl groups is 1. The summed E-state index contributed by atoms with van der Waals surface area (Å²) in [5, 5.41) is 19.6. The number of nitrogens with zero attached hydrogens (tertiary/aromatic N) is 1. The van der Waals surface area contributed by atoms with Crippen LogP contribution in [0.25, 0.3) is 0 Å². The Balaban J connectivity index is 2.47. The first kappa shape index (κ1) is 13.9. The minimum absolute atomic E-state index is 0.275. The summed E-state index contributed by atoms with van der Waals surface area (Å²) in [6, 6.07) is 3.68. The van der Waals surface area contributed by atoms with Crippen LogP contribution in [-0.2, 0) is 16.8 Å². The van der Waals surface area contributed by atoms with Crippen LogP contribution in [0.15, 0.2) is 12.1 Å². The Hall–Kier alpha value is -1.55. The van der Waals surface area contributed by atoms with Gasteiger partial charge in [0.25, 0.3) is 0 Å². The molecule has 4 heteroatoms. The lowest BCUT2D eigenvalue weighted by molar-refractivity contribution is -0.147. The van der Waals surface area contributed by atoms with Crippen molar-refractivity contribution in [2.75, 3.05) is 14.1 Å². The summed E-state index contributed by atoms with van der Waals surface area (Å²) in [4.78, 5) is 13.5. The van der Waals surface area contributed by atoms with Crippen LogP contribution in [0.2, 0.25) is 0 Å². The molecule has 0 atom stereocenters. The fraction of sp³-hybridized carbons (Fsp3) is 0.533. The predicted molar refractivity (Wildman–Crippen MR) is 73.4 cm³/mol. The minimum atomic E-state index is -0.750. The third-order valence-corrected chi connectivity index (χ3v) is 4.04. The van der Waals surface area contributed by atoms with E-state index in [1.54, 1.807) is 0 Å². The molecule has 2 rings (SSSR count). The zero-order valence-electron chi connectivity index (χ0n) is 11.7. The maximum Gasteiger partial charge on any atom is 0.314 e. The average molecular weight is 263 g/mol. The number of rotatable bonds is 4. The first-order valence-electron chi connectivity index (χ1n) is 6.58. The number of carbonyl (C=O) groups is 1. The third-order valence-electron chi connectivity index (χ3n) is 4.04. The molecule has 19 heavy (non-hydrogen) atoms. The Kier molecular flexibility index (Phi) is 3.54. The van der Waals surface area contributed by atoms with Gasteiger partial charge in [0, 0.05) is 12.1 Å². The van der Waals surface area contributed by atoms with Gasteiger partial charge in [0.2, 0.25) is 0 Å². The third kappa shape index (κ3) is 2.32. The Morgan fingerprint density at radius 3 is 2.42 bits per heavy atom. The molecule has 0 aromatic heterocycles. The van der Waals surface area contributed by atoms with Crippen LogP contribution < -0.4 is 0 Å². The van der Waals surface area contributed by atoms with E-state index in [9.17, 15) is 15.0 Å². The molecule has 1 saturated carbocycles. The number of aryl methyl sites for hydroxylation is 1. The smallest absolute Gasteiger partial charge is 0.314 e. The molecule has 0 unspecified atom stereocenters. The number of hydrogen-bond acceptors (Lipinski definition) is 3. The summed E-state index contributed by atoms with van der Waals surface area (Å²) in [5.74, 6) is -0.475. The molecular formula is C15H21NO3. The highest BCUT2D eigenvalue weighted by atomic mass is 16.4. The van der Waals surface area contributed by atoms with Crippen molar-refractivity contribution in [1.82, 2.24) is 4.90 Å². The van der Waals surface area contributed by atoms with E-state index in [0.29, 0.717) is 19.4 Å². The number of aliphatic carboxylic acids is 1. The van der Waals surface area contributed by atoms with Crippen molar-refractivity contribution in [2.45, 2.75) is 38.1 Å². The first-order chi connectivity index (χ1) is 8.86. The fourth-order valence-corrected chi connectivity index (χ4v) is 2.75. The monoisotopic (exact) mass is 263 g/mol. The van der Waals surface area contributed by atoms with Gasteiger partial charge in [-0.15, -0.1) is 0 Å². The van der Waals surface area contributed by atoms with Crippen LogP contribution in [0.4, 0.5) is 0 Å². The van der Waals surface area contributed by atoms with Gasteiger partial charge < -0.3 is 15.1 Å². The second kappa shape index (κ2) is 4.85. The van der Waals surface area contributed by atoms with Crippen LogP contribution in [0, 0.1) is 6.92 Å². The molecule has 2 N–H and O–H groups in total. The van der Waals surface area contributed by atoms with E-state index in [1.165, 1.54) is 0 Å². The standard InChI is InChI=1S/C15H21NO3/c1-10-7-12(15(14(18)19)5-4-6-15)8-11(13(10)17)9-16(2)3/h7-8,17H,4-6,9H2,1-3H3,(H,18,19). The normalized spacial score (nSPS) is 17.3. The van der Waals surface area contributed by atoms with Crippen molar-refractivity contribution in [3.8, 4) is 5.75 Å². The van der Waals surface area contributed by atoms with Crippen molar-refractivity contribution in [1.29, 1.82) is 0 Å². The second-order valence-corrected chi connectivity index (χ2v) is 5.78. The molecule has 0 spiro atoms. The van der Waals surface area contributed by atoms with Gasteiger partial charge in [-0.2, -0.15) is 0 Å². The van der Waals surface area contributed by atoms with E-state index in [2.05, 4.69) is 0 Å². The maximum absolute atomic E-state index is 11.6. The highest BCUT2D eigenvalue weighted by Crippen LogP contribution is 2.45. The summed E-state index contributed by atoms with van der Waals surface area (Å²) >= 11 is 0. The zero-order valence-corrected chi connectivity index (χ0v) is 11.7. The molecule has 0 radical (unpaired) electrons. The van der Waals surface area contributed by atoms with Gasteiger partial charge >= 0.3 is 5.97 Å². The molecule has 1 aliphatic rings. The molecule has 1 fully saturated rings. The summed E-state index contributed by atoms with van der Waals surface area (Å²) in [6.07, 6.45) is 2.33. The SMILES string of the molecule is Cc1cc(C2(C(=O)O)CCC2)cc(CN(C)C)c1O. The van der Waals surface area contributed by atoms with Gasteiger partial charge in [0.05, 0.1) is 5.41 Å². The molecule has 0 saturated heterocycles. The molecule has 4 nitrogen and oxygen atoms in total. The van der Waals surface area contributed by atoms with Crippen molar-refractivity contribution in [3.63, 3.8) is 0 Å². The highest BCUT2D eigenvalue weighted by Gasteiger charge is 2.46. The van der Waals surface area contributed by atoms with Gasteiger partial charge in [0.15, 0.2) is 0 Å². The number of carboxylic acids is 1. The quantitative estimate of drug-likeness (QED) is 0.875. The summed E-state index contributed by atoms with van der Waals surface area (Å²) in [6.45, 7) is 2.43. The summed E-state index contributed by atoms with van der Waals surface area (Å²) in [7, 11) is 3.86. The van der Waals surface area contributed by atoms with E-state index < -0.39 is 11.4 Å². The predicted octanol–water partition coefficient (Wildman–Crippen LogP) is 2.27.